The Kier molecular flexibility index (Phi) is 5.91. The van der Waals surface area contributed by atoms with E-state index in [1.54, 1.807) is 24.3 Å². The molecule has 0 aromatic heterocycles. The Morgan fingerprint density at radius 1 is 1.21 bits per heavy atom. The molecular formula is C12H16F3NO3. The van der Waals surface area contributed by atoms with Gasteiger partial charge in [0.2, 0.25) is 0 Å². The lowest BCUT2D eigenvalue weighted by Gasteiger charge is -2.14. The fourth-order valence-electron chi connectivity index (χ4n) is 1.25. The van der Waals surface area contributed by atoms with Gasteiger partial charge in [-0.2, -0.15) is 13.2 Å². The van der Waals surface area contributed by atoms with Gasteiger partial charge in [-0.05, 0) is 12.1 Å². The molecule has 1 unspecified atom stereocenters. The molecular weight excluding hydrogens is 263 g/mol. The van der Waals surface area contributed by atoms with Gasteiger partial charge in [0, 0.05) is 0 Å². The Bertz CT molecular complexity index is 385. The van der Waals surface area contributed by atoms with Crippen LogP contribution in [0, 0.1) is 0 Å². The fourth-order valence-corrected chi connectivity index (χ4v) is 1.25. The molecule has 7 heteroatoms. The van der Waals surface area contributed by atoms with Crippen LogP contribution >= 0.6 is 0 Å². The van der Waals surface area contributed by atoms with Crippen LogP contribution in [-0.2, 0) is 4.74 Å². The molecule has 0 radical (unpaired) electrons. The third-order valence-electron chi connectivity index (χ3n) is 2.19. The number of para-hydroxylation sites is 2. The third-order valence-corrected chi connectivity index (χ3v) is 2.19. The molecule has 0 heterocycles. The number of nitrogen functional groups attached to an aromatic ring is 1. The van der Waals surface area contributed by atoms with Gasteiger partial charge in [0.25, 0.3) is 0 Å². The van der Waals surface area contributed by atoms with E-state index >= 15 is 0 Å². The Balaban J connectivity index is 2.18. The zero-order valence-corrected chi connectivity index (χ0v) is 10.2. The number of alkyl halides is 3. The van der Waals surface area contributed by atoms with Crippen LogP contribution in [0.1, 0.15) is 6.42 Å². The highest BCUT2D eigenvalue weighted by Crippen LogP contribution is 2.20. The van der Waals surface area contributed by atoms with Crippen molar-refractivity contribution >= 4 is 5.69 Å². The number of nitrogens with two attached hydrogens (primary N) is 1. The number of rotatable bonds is 7. The Hall–Kier alpha value is -1.47. The van der Waals surface area contributed by atoms with Crippen LogP contribution in [-0.4, -0.2) is 37.2 Å². The highest BCUT2D eigenvalue weighted by molar-refractivity contribution is 5.51. The molecule has 1 aromatic rings. The normalized spacial score (nSPS) is 13.3. The van der Waals surface area contributed by atoms with Crippen molar-refractivity contribution in [1.29, 1.82) is 0 Å². The van der Waals surface area contributed by atoms with E-state index in [0.29, 0.717) is 11.4 Å². The monoisotopic (exact) mass is 279 g/mol. The van der Waals surface area contributed by atoms with Crippen LogP contribution in [0.4, 0.5) is 18.9 Å². The number of anilines is 1. The van der Waals surface area contributed by atoms with Crippen molar-refractivity contribution in [3.05, 3.63) is 24.3 Å². The van der Waals surface area contributed by atoms with Gasteiger partial charge in [-0.3, -0.25) is 0 Å². The average molecular weight is 279 g/mol. The summed E-state index contributed by atoms with van der Waals surface area (Å²) >= 11 is 0. The molecule has 3 N–H and O–H groups in total. The lowest BCUT2D eigenvalue weighted by Crippen LogP contribution is -2.24. The lowest BCUT2D eigenvalue weighted by molar-refractivity contribution is -0.147. The first-order valence-corrected chi connectivity index (χ1v) is 5.68. The van der Waals surface area contributed by atoms with Crippen molar-refractivity contribution in [3.63, 3.8) is 0 Å². The van der Waals surface area contributed by atoms with Gasteiger partial charge >= 0.3 is 6.18 Å². The standard InChI is InChI=1S/C12H16F3NO3/c13-12(14,15)5-6-18-7-9(17)8-19-11-4-2-1-3-10(11)16/h1-4,9,17H,5-8,16H2. The molecule has 0 bridgehead atoms. The summed E-state index contributed by atoms with van der Waals surface area (Å²) in [5, 5.41) is 9.46. The highest BCUT2D eigenvalue weighted by Gasteiger charge is 2.26. The van der Waals surface area contributed by atoms with E-state index in [2.05, 4.69) is 0 Å². The molecule has 0 fully saturated rings. The molecule has 0 saturated heterocycles. The van der Waals surface area contributed by atoms with Crippen LogP contribution in [0.25, 0.3) is 0 Å². The number of ether oxygens (including phenoxy) is 2. The maximum absolute atomic E-state index is 11.8. The Morgan fingerprint density at radius 3 is 2.53 bits per heavy atom. The second-order valence-electron chi connectivity index (χ2n) is 3.94. The van der Waals surface area contributed by atoms with E-state index in [0.717, 1.165) is 0 Å². The summed E-state index contributed by atoms with van der Waals surface area (Å²) in [7, 11) is 0. The number of aliphatic hydroxyl groups is 1. The molecule has 0 aliphatic heterocycles. The Morgan fingerprint density at radius 2 is 1.89 bits per heavy atom. The number of halogens is 3. The predicted octanol–water partition coefficient (Wildman–Crippen LogP) is 1.98. The van der Waals surface area contributed by atoms with E-state index in [4.69, 9.17) is 15.2 Å². The molecule has 1 aromatic carbocycles. The van der Waals surface area contributed by atoms with Gasteiger partial charge in [-0.1, -0.05) is 12.1 Å². The van der Waals surface area contributed by atoms with Crippen LogP contribution in [0.3, 0.4) is 0 Å². The van der Waals surface area contributed by atoms with Crippen LogP contribution < -0.4 is 10.5 Å². The average Bonchev–Trinajstić information content (AvgIpc) is 2.32. The van der Waals surface area contributed by atoms with Crippen molar-refractivity contribution in [3.8, 4) is 5.75 Å². The topological polar surface area (TPSA) is 64.7 Å². The summed E-state index contributed by atoms with van der Waals surface area (Å²) in [5.74, 6) is 0.414. The molecule has 0 aliphatic rings. The van der Waals surface area contributed by atoms with Crippen LogP contribution in [0.15, 0.2) is 24.3 Å². The maximum atomic E-state index is 11.8. The van der Waals surface area contributed by atoms with E-state index in [1.807, 2.05) is 0 Å². The molecule has 108 valence electrons. The molecule has 0 aliphatic carbocycles. The van der Waals surface area contributed by atoms with Crippen molar-refractivity contribution in [2.75, 3.05) is 25.6 Å². The number of hydrogen-bond donors (Lipinski definition) is 2. The highest BCUT2D eigenvalue weighted by atomic mass is 19.4. The summed E-state index contributed by atoms with van der Waals surface area (Å²) < 4.78 is 45.4. The van der Waals surface area contributed by atoms with Gasteiger partial charge in [0.05, 0.1) is 25.3 Å². The smallest absolute Gasteiger partial charge is 0.391 e. The van der Waals surface area contributed by atoms with Gasteiger partial charge < -0.3 is 20.3 Å². The van der Waals surface area contributed by atoms with Gasteiger partial charge in [0.1, 0.15) is 18.5 Å². The first-order valence-electron chi connectivity index (χ1n) is 5.68. The first kappa shape index (κ1) is 15.6. The lowest BCUT2D eigenvalue weighted by atomic mass is 10.3. The third kappa shape index (κ3) is 6.88. The van der Waals surface area contributed by atoms with Gasteiger partial charge in [0.15, 0.2) is 0 Å². The minimum atomic E-state index is -4.25. The Labute approximate surface area is 108 Å². The zero-order chi connectivity index (χ0) is 14.3. The van der Waals surface area contributed by atoms with Crippen LogP contribution in [0.2, 0.25) is 0 Å². The number of benzene rings is 1. The van der Waals surface area contributed by atoms with Crippen molar-refractivity contribution in [2.45, 2.75) is 18.7 Å². The van der Waals surface area contributed by atoms with Gasteiger partial charge in [-0.15, -0.1) is 0 Å². The predicted molar refractivity (Wildman–Crippen MR) is 63.8 cm³/mol. The minimum Gasteiger partial charge on any atom is -0.489 e. The maximum Gasteiger partial charge on any atom is 0.391 e. The molecule has 0 amide bonds. The SMILES string of the molecule is Nc1ccccc1OCC(O)COCCC(F)(F)F. The summed E-state index contributed by atoms with van der Waals surface area (Å²) in [4.78, 5) is 0. The molecule has 1 atom stereocenters. The summed E-state index contributed by atoms with van der Waals surface area (Å²) in [5.41, 5.74) is 6.04. The quantitative estimate of drug-likeness (QED) is 0.591. The summed E-state index contributed by atoms with van der Waals surface area (Å²) in [6, 6.07) is 6.73. The van der Waals surface area contributed by atoms with E-state index in [1.165, 1.54) is 0 Å². The molecule has 1 rings (SSSR count). The van der Waals surface area contributed by atoms with Crippen molar-refractivity contribution in [2.24, 2.45) is 0 Å². The number of hydrogen-bond acceptors (Lipinski definition) is 4. The zero-order valence-electron chi connectivity index (χ0n) is 10.2. The van der Waals surface area contributed by atoms with E-state index < -0.39 is 25.3 Å². The van der Waals surface area contributed by atoms with Crippen LogP contribution in [0.5, 0.6) is 5.75 Å². The molecule has 19 heavy (non-hydrogen) atoms. The van der Waals surface area contributed by atoms with Crippen molar-refractivity contribution in [1.82, 2.24) is 0 Å². The molecule has 0 spiro atoms. The van der Waals surface area contributed by atoms with E-state index in [-0.39, 0.29) is 13.2 Å². The molecule has 0 saturated carbocycles. The van der Waals surface area contributed by atoms with Gasteiger partial charge in [-0.25, -0.2) is 0 Å². The second-order valence-corrected chi connectivity index (χ2v) is 3.94. The van der Waals surface area contributed by atoms with Crippen molar-refractivity contribution < 1.29 is 27.8 Å². The summed E-state index contributed by atoms with van der Waals surface area (Å²) in [6.07, 6.45) is -6.29. The second kappa shape index (κ2) is 7.20. The largest absolute Gasteiger partial charge is 0.489 e. The minimum absolute atomic E-state index is 0.0970. The first-order chi connectivity index (χ1) is 8.88. The fraction of sp³-hybridized carbons (Fsp3) is 0.500. The number of aliphatic hydroxyl groups excluding tert-OH is 1. The summed E-state index contributed by atoms with van der Waals surface area (Å²) in [6.45, 7) is -0.795. The van der Waals surface area contributed by atoms with E-state index in [9.17, 15) is 18.3 Å². The molecule has 4 nitrogen and oxygen atoms in total.